The molecule has 3 aromatic rings. The SMILES string of the molecule is COc1cc(Cl)c(C)cc1NC(=O)c1nc(-n2nc(C)cc2C)ccc1Cl. The molecule has 0 saturated carbocycles. The van der Waals surface area contributed by atoms with Crippen molar-refractivity contribution < 1.29 is 9.53 Å². The van der Waals surface area contributed by atoms with Crippen LogP contribution in [0, 0.1) is 20.8 Å². The molecule has 3 rings (SSSR count). The summed E-state index contributed by atoms with van der Waals surface area (Å²) in [6.07, 6.45) is 0. The smallest absolute Gasteiger partial charge is 0.276 e. The van der Waals surface area contributed by atoms with Gasteiger partial charge in [0.25, 0.3) is 5.91 Å². The lowest BCUT2D eigenvalue weighted by Gasteiger charge is -2.13. The maximum absolute atomic E-state index is 12.8. The number of aryl methyl sites for hydroxylation is 3. The minimum absolute atomic E-state index is 0.0939. The molecule has 0 spiro atoms. The Balaban J connectivity index is 1.97. The van der Waals surface area contributed by atoms with E-state index >= 15 is 0 Å². The number of aromatic nitrogens is 3. The fraction of sp³-hybridized carbons (Fsp3) is 0.211. The van der Waals surface area contributed by atoms with E-state index in [-0.39, 0.29) is 10.7 Å². The highest BCUT2D eigenvalue weighted by Gasteiger charge is 2.18. The van der Waals surface area contributed by atoms with Crippen LogP contribution in [0.4, 0.5) is 5.69 Å². The number of hydrogen-bond acceptors (Lipinski definition) is 4. The van der Waals surface area contributed by atoms with Gasteiger partial charge in [0.15, 0.2) is 5.82 Å². The molecule has 27 heavy (non-hydrogen) atoms. The minimum Gasteiger partial charge on any atom is -0.495 e. The van der Waals surface area contributed by atoms with E-state index in [1.165, 1.54) is 7.11 Å². The van der Waals surface area contributed by atoms with E-state index in [1.807, 2.05) is 26.8 Å². The predicted molar refractivity (Wildman–Crippen MR) is 107 cm³/mol. The highest BCUT2D eigenvalue weighted by atomic mass is 35.5. The molecular formula is C19H18Cl2N4O2. The van der Waals surface area contributed by atoms with Gasteiger partial charge in [-0.1, -0.05) is 23.2 Å². The van der Waals surface area contributed by atoms with E-state index in [1.54, 1.807) is 28.9 Å². The van der Waals surface area contributed by atoms with E-state index in [0.717, 1.165) is 17.0 Å². The van der Waals surface area contributed by atoms with E-state index in [9.17, 15) is 4.79 Å². The topological polar surface area (TPSA) is 69.0 Å². The van der Waals surface area contributed by atoms with Gasteiger partial charge in [0.1, 0.15) is 11.4 Å². The number of halogens is 2. The number of carbonyl (C=O) groups excluding carboxylic acids is 1. The van der Waals surface area contributed by atoms with Crippen LogP contribution in [0.2, 0.25) is 10.0 Å². The number of hydrogen-bond donors (Lipinski definition) is 1. The third kappa shape index (κ3) is 3.91. The van der Waals surface area contributed by atoms with Crippen molar-refractivity contribution in [2.75, 3.05) is 12.4 Å². The van der Waals surface area contributed by atoms with Crippen LogP contribution in [0.25, 0.3) is 5.82 Å². The van der Waals surface area contributed by atoms with Crippen LogP contribution in [0.1, 0.15) is 27.4 Å². The average Bonchev–Trinajstić information content (AvgIpc) is 2.96. The van der Waals surface area contributed by atoms with Crippen LogP contribution in [0.5, 0.6) is 5.75 Å². The third-order valence-corrected chi connectivity index (χ3v) is 4.71. The Morgan fingerprint density at radius 2 is 1.85 bits per heavy atom. The lowest BCUT2D eigenvalue weighted by molar-refractivity contribution is 0.102. The van der Waals surface area contributed by atoms with Crippen molar-refractivity contribution >= 4 is 34.8 Å². The Labute approximate surface area is 167 Å². The number of benzene rings is 1. The van der Waals surface area contributed by atoms with Crippen molar-refractivity contribution in [3.05, 3.63) is 63.0 Å². The summed E-state index contributed by atoms with van der Waals surface area (Å²) in [4.78, 5) is 17.2. The Bertz CT molecular complexity index is 1030. The quantitative estimate of drug-likeness (QED) is 0.680. The molecule has 0 saturated heterocycles. The van der Waals surface area contributed by atoms with E-state index < -0.39 is 5.91 Å². The highest BCUT2D eigenvalue weighted by molar-refractivity contribution is 6.34. The molecule has 0 radical (unpaired) electrons. The number of rotatable bonds is 4. The number of carbonyl (C=O) groups is 1. The maximum atomic E-state index is 12.8. The summed E-state index contributed by atoms with van der Waals surface area (Å²) in [5, 5.41) is 7.96. The van der Waals surface area contributed by atoms with Crippen LogP contribution in [-0.2, 0) is 0 Å². The lowest BCUT2D eigenvalue weighted by Crippen LogP contribution is -2.16. The summed E-state index contributed by atoms with van der Waals surface area (Å²) in [7, 11) is 1.51. The lowest BCUT2D eigenvalue weighted by atomic mass is 10.2. The number of nitrogens with one attached hydrogen (secondary N) is 1. The molecule has 0 atom stereocenters. The van der Waals surface area contributed by atoms with E-state index in [2.05, 4.69) is 15.4 Å². The minimum atomic E-state index is -0.455. The van der Waals surface area contributed by atoms with E-state index in [4.69, 9.17) is 27.9 Å². The summed E-state index contributed by atoms with van der Waals surface area (Å²) in [5.41, 5.74) is 3.15. The number of amides is 1. The van der Waals surface area contributed by atoms with Gasteiger partial charge < -0.3 is 10.1 Å². The zero-order valence-electron chi connectivity index (χ0n) is 15.3. The van der Waals surface area contributed by atoms with Crippen molar-refractivity contribution in [2.45, 2.75) is 20.8 Å². The number of pyridine rings is 1. The zero-order valence-corrected chi connectivity index (χ0v) is 16.8. The summed E-state index contributed by atoms with van der Waals surface area (Å²) < 4.78 is 6.96. The van der Waals surface area contributed by atoms with Crippen molar-refractivity contribution in [3.8, 4) is 11.6 Å². The Hall–Kier alpha value is -2.57. The molecule has 2 heterocycles. The molecule has 0 aliphatic rings. The first-order chi connectivity index (χ1) is 12.8. The van der Waals surface area contributed by atoms with Crippen molar-refractivity contribution in [1.29, 1.82) is 0 Å². The van der Waals surface area contributed by atoms with Crippen molar-refractivity contribution in [2.24, 2.45) is 0 Å². The number of nitrogens with zero attached hydrogens (tertiary/aromatic N) is 3. The summed E-state index contributed by atoms with van der Waals surface area (Å²) in [6.45, 7) is 5.64. The fourth-order valence-electron chi connectivity index (χ4n) is 2.68. The number of ether oxygens (including phenoxy) is 1. The Morgan fingerprint density at radius 3 is 2.48 bits per heavy atom. The van der Waals surface area contributed by atoms with Gasteiger partial charge in [0.05, 0.1) is 23.5 Å². The molecule has 0 aliphatic carbocycles. The molecule has 0 bridgehead atoms. The predicted octanol–water partition coefficient (Wildman–Crippen LogP) is 4.76. The number of anilines is 1. The molecule has 0 fully saturated rings. The van der Waals surface area contributed by atoms with Gasteiger partial charge in [-0.15, -0.1) is 0 Å². The second-order valence-corrected chi connectivity index (χ2v) is 6.91. The van der Waals surface area contributed by atoms with Gasteiger partial charge >= 0.3 is 0 Å². The molecule has 0 unspecified atom stereocenters. The van der Waals surface area contributed by atoms with Crippen molar-refractivity contribution in [3.63, 3.8) is 0 Å². The summed E-state index contributed by atoms with van der Waals surface area (Å²) in [5.74, 6) is 0.502. The van der Waals surface area contributed by atoms with Gasteiger partial charge in [-0.05, 0) is 50.6 Å². The molecule has 0 aliphatic heterocycles. The normalized spacial score (nSPS) is 10.7. The van der Waals surface area contributed by atoms with Gasteiger partial charge in [-0.2, -0.15) is 5.10 Å². The second-order valence-electron chi connectivity index (χ2n) is 6.09. The largest absolute Gasteiger partial charge is 0.495 e. The summed E-state index contributed by atoms with van der Waals surface area (Å²) >= 11 is 12.3. The second kappa shape index (κ2) is 7.58. The van der Waals surface area contributed by atoms with Crippen LogP contribution >= 0.6 is 23.2 Å². The molecule has 1 N–H and O–H groups in total. The average molecular weight is 405 g/mol. The first kappa shape index (κ1) is 19.2. The van der Waals surface area contributed by atoms with Gasteiger partial charge in [0.2, 0.25) is 0 Å². The van der Waals surface area contributed by atoms with E-state index in [0.29, 0.717) is 22.3 Å². The molecular weight excluding hydrogens is 387 g/mol. The molecule has 8 heteroatoms. The molecule has 2 aromatic heterocycles. The van der Waals surface area contributed by atoms with Crippen LogP contribution in [0.15, 0.2) is 30.3 Å². The Morgan fingerprint density at radius 1 is 1.11 bits per heavy atom. The standard InChI is InChI=1S/C19H18Cl2N4O2/c1-10-7-15(16(27-4)9-14(10)21)22-19(26)18-13(20)5-6-17(23-18)25-12(3)8-11(2)24-25/h5-9H,1-4H3,(H,22,26). The molecule has 6 nitrogen and oxygen atoms in total. The first-order valence-corrected chi connectivity index (χ1v) is 8.91. The van der Waals surface area contributed by atoms with Gasteiger partial charge in [-0.25, -0.2) is 9.67 Å². The Kier molecular flexibility index (Phi) is 5.39. The van der Waals surface area contributed by atoms with Crippen molar-refractivity contribution in [1.82, 2.24) is 14.8 Å². The molecule has 1 amide bonds. The fourth-order valence-corrected chi connectivity index (χ4v) is 3.03. The van der Waals surface area contributed by atoms with Crippen LogP contribution < -0.4 is 10.1 Å². The van der Waals surface area contributed by atoms with Gasteiger partial charge in [0, 0.05) is 16.8 Å². The number of methoxy groups -OCH3 is 1. The van der Waals surface area contributed by atoms with Crippen LogP contribution in [0.3, 0.4) is 0 Å². The molecule has 1 aromatic carbocycles. The monoisotopic (exact) mass is 404 g/mol. The maximum Gasteiger partial charge on any atom is 0.276 e. The third-order valence-electron chi connectivity index (χ3n) is 4.00. The zero-order chi connectivity index (χ0) is 19.7. The van der Waals surface area contributed by atoms with Crippen LogP contribution in [-0.4, -0.2) is 27.8 Å². The van der Waals surface area contributed by atoms with Gasteiger partial charge in [-0.3, -0.25) is 4.79 Å². The highest BCUT2D eigenvalue weighted by Crippen LogP contribution is 2.31. The molecule has 140 valence electrons. The summed E-state index contributed by atoms with van der Waals surface area (Å²) in [6, 6.07) is 8.65. The first-order valence-electron chi connectivity index (χ1n) is 8.16.